The summed E-state index contributed by atoms with van der Waals surface area (Å²) in [6.45, 7) is 6.31. The zero-order valence-corrected chi connectivity index (χ0v) is 15.8. The third kappa shape index (κ3) is 4.56. The summed E-state index contributed by atoms with van der Waals surface area (Å²) in [7, 11) is 0. The van der Waals surface area contributed by atoms with Crippen molar-refractivity contribution in [2.24, 2.45) is 5.92 Å². The van der Waals surface area contributed by atoms with Crippen molar-refractivity contribution in [3.63, 3.8) is 0 Å². The molecule has 1 N–H and O–H groups in total. The minimum atomic E-state index is -0.552. The first-order valence-corrected chi connectivity index (χ1v) is 8.90. The lowest BCUT2D eigenvalue weighted by atomic mass is 10.1. The van der Waals surface area contributed by atoms with Crippen molar-refractivity contribution < 1.29 is 14.3 Å². The van der Waals surface area contributed by atoms with E-state index >= 15 is 0 Å². The molecule has 27 heavy (non-hydrogen) atoms. The van der Waals surface area contributed by atoms with Gasteiger partial charge in [-0.1, -0.05) is 12.0 Å². The smallest absolute Gasteiger partial charge is 0.410 e. The highest BCUT2D eigenvalue weighted by molar-refractivity contribution is 5.95. The van der Waals surface area contributed by atoms with Gasteiger partial charge in [0.2, 0.25) is 5.91 Å². The fourth-order valence-corrected chi connectivity index (χ4v) is 2.99. The SMILES string of the molecule is C#Cc1ccc2cnc(NC(=O)[C@H]3CCN(C(=O)OC(C)(C)C)C3)cc2c1. The molecule has 1 aliphatic heterocycles. The molecule has 0 radical (unpaired) electrons. The van der Waals surface area contributed by atoms with Gasteiger partial charge in [0.15, 0.2) is 0 Å². The Labute approximate surface area is 158 Å². The summed E-state index contributed by atoms with van der Waals surface area (Å²) in [5.74, 6) is 2.63. The molecule has 1 saturated heterocycles. The van der Waals surface area contributed by atoms with Crippen molar-refractivity contribution in [1.82, 2.24) is 9.88 Å². The van der Waals surface area contributed by atoms with Gasteiger partial charge in [-0.15, -0.1) is 6.42 Å². The third-order valence-electron chi connectivity index (χ3n) is 4.35. The number of rotatable bonds is 2. The van der Waals surface area contributed by atoms with Crippen molar-refractivity contribution in [2.45, 2.75) is 32.8 Å². The van der Waals surface area contributed by atoms with Crippen LogP contribution < -0.4 is 5.32 Å². The van der Waals surface area contributed by atoms with Crippen LogP contribution in [-0.2, 0) is 9.53 Å². The molecule has 0 saturated carbocycles. The van der Waals surface area contributed by atoms with Gasteiger partial charge >= 0.3 is 6.09 Å². The van der Waals surface area contributed by atoms with E-state index in [-0.39, 0.29) is 17.9 Å². The summed E-state index contributed by atoms with van der Waals surface area (Å²) in [4.78, 5) is 30.6. The second kappa shape index (κ2) is 7.28. The zero-order chi connectivity index (χ0) is 19.6. The van der Waals surface area contributed by atoms with Crippen LogP contribution >= 0.6 is 0 Å². The lowest BCUT2D eigenvalue weighted by Gasteiger charge is -2.24. The lowest BCUT2D eigenvalue weighted by molar-refractivity contribution is -0.119. The molecule has 1 aromatic carbocycles. The van der Waals surface area contributed by atoms with E-state index in [2.05, 4.69) is 16.2 Å². The van der Waals surface area contributed by atoms with Crippen LogP contribution in [0.1, 0.15) is 32.8 Å². The number of fused-ring (bicyclic) bond motifs is 1. The van der Waals surface area contributed by atoms with Gasteiger partial charge in [0.1, 0.15) is 11.4 Å². The molecule has 2 heterocycles. The van der Waals surface area contributed by atoms with E-state index in [0.717, 1.165) is 16.3 Å². The van der Waals surface area contributed by atoms with Crippen LogP contribution in [0.3, 0.4) is 0 Å². The third-order valence-corrected chi connectivity index (χ3v) is 4.35. The molecule has 1 aliphatic rings. The average molecular weight is 365 g/mol. The van der Waals surface area contributed by atoms with Crippen LogP contribution in [-0.4, -0.2) is 40.6 Å². The maximum Gasteiger partial charge on any atom is 0.410 e. The molecule has 6 nitrogen and oxygen atoms in total. The molecule has 1 fully saturated rings. The van der Waals surface area contributed by atoms with Gasteiger partial charge in [-0.2, -0.15) is 0 Å². The average Bonchev–Trinajstić information content (AvgIpc) is 3.10. The second-order valence-electron chi connectivity index (χ2n) is 7.68. The van der Waals surface area contributed by atoms with Gasteiger partial charge < -0.3 is 15.0 Å². The quantitative estimate of drug-likeness (QED) is 0.828. The molecule has 1 aromatic heterocycles. The number of nitrogens with zero attached hydrogens (tertiary/aromatic N) is 2. The molecule has 0 unspecified atom stereocenters. The Morgan fingerprint density at radius 3 is 2.78 bits per heavy atom. The van der Waals surface area contributed by atoms with Crippen LogP contribution in [0.2, 0.25) is 0 Å². The maximum atomic E-state index is 12.6. The highest BCUT2D eigenvalue weighted by Gasteiger charge is 2.33. The molecule has 6 heteroatoms. The Morgan fingerprint density at radius 2 is 2.07 bits per heavy atom. The van der Waals surface area contributed by atoms with Gasteiger partial charge in [-0.3, -0.25) is 4.79 Å². The zero-order valence-electron chi connectivity index (χ0n) is 15.8. The monoisotopic (exact) mass is 365 g/mol. The number of likely N-dealkylation sites (tertiary alicyclic amines) is 1. The first-order chi connectivity index (χ1) is 12.7. The number of carbonyl (C=O) groups is 2. The van der Waals surface area contributed by atoms with Gasteiger partial charge in [-0.25, -0.2) is 9.78 Å². The van der Waals surface area contributed by atoms with Crippen molar-refractivity contribution in [3.8, 4) is 12.3 Å². The lowest BCUT2D eigenvalue weighted by Crippen LogP contribution is -2.36. The van der Waals surface area contributed by atoms with Gasteiger partial charge in [-0.05, 0) is 50.8 Å². The van der Waals surface area contributed by atoms with Crippen LogP contribution in [0.4, 0.5) is 10.6 Å². The van der Waals surface area contributed by atoms with E-state index in [0.29, 0.717) is 25.3 Å². The van der Waals surface area contributed by atoms with Gasteiger partial charge in [0.05, 0.1) is 5.92 Å². The number of pyridine rings is 1. The normalized spacial score (nSPS) is 16.8. The molecule has 140 valence electrons. The van der Waals surface area contributed by atoms with E-state index in [1.165, 1.54) is 0 Å². The van der Waals surface area contributed by atoms with Crippen molar-refractivity contribution >= 4 is 28.6 Å². The Bertz CT molecular complexity index is 924. The van der Waals surface area contributed by atoms with Crippen LogP contribution in [0.25, 0.3) is 10.8 Å². The molecule has 2 amide bonds. The standard InChI is InChI=1S/C21H23N3O3/c1-5-14-6-7-15-12-22-18(11-17(15)10-14)23-19(25)16-8-9-24(13-16)20(26)27-21(2,3)4/h1,6-7,10-12,16H,8-9,13H2,2-4H3,(H,22,23,25)/t16-/m0/s1. The highest BCUT2D eigenvalue weighted by atomic mass is 16.6. The molecule has 3 rings (SSSR count). The Balaban J connectivity index is 1.65. The fraction of sp³-hybridized carbons (Fsp3) is 0.381. The topological polar surface area (TPSA) is 71.5 Å². The molecular formula is C21H23N3O3. The highest BCUT2D eigenvalue weighted by Crippen LogP contribution is 2.22. The first kappa shape index (κ1) is 18.7. The Morgan fingerprint density at radius 1 is 1.30 bits per heavy atom. The number of nitrogens with one attached hydrogen (secondary N) is 1. The number of hydrogen-bond donors (Lipinski definition) is 1. The molecule has 0 bridgehead atoms. The van der Waals surface area contributed by atoms with Crippen LogP contribution in [0, 0.1) is 18.3 Å². The molecule has 0 aliphatic carbocycles. The van der Waals surface area contributed by atoms with E-state index in [1.807, 2.05) is 39.0 Å². The second-order valence-corrected chi connectivity index (χ2v) is 7.68. The number of terminal acetylenes is 1. The van der Waals surface area contributed by atoms with E-state index in [1.54, 1.807) is 17.2 Å². The number of anilines is 1. The summed E-state index contributed by atoms with van der Waals surface area (Å²) in [6.07, 6.45) is 7.35. The number of benzene rings is 1. The van der Waals surface area contributed by atoms with E-state index in [9.17, 15) is 9.59 Å². The van der Waals surface area contributed by atoms with Crippen LogP contribution in [0.15, 0.2) is 30.5 Å². The summed E-state index contributed by atoms with van der Waals surface area (Å²) in [5, 5.41) is 4.70. The summed E-state index contributed by atoms with van der Waals surface area (Å²) in [6, 6.07) is 7.44. The number of ether oxygens (including phenoxy) is 1. The largest absolute Gasteiger partial charge is 0.444 e. The van der Waals surface area contributed by atoms with Gasteiger partial charge in [0, 0.05) is 30.2 Å². The minimum absolute atomic E-state index is 0.152. The predicted molar refractivity (Wildman–Crippen MR) is 104 cm³/mol. The minimum Gasteiger partial charge on any atom is -0.444 e. The number of hydrogen-bond acceptors (Lipinski definition) is 4. The van der Waals surface area contributed by atoms with Gasteiger partial charge in [0.25, 0.3) is 0 Å². The molecular weight excluding hydrogens is 342 g/mol. The van der Waals surface area contributed by atoms with Crippen molar-refractivity contribution in [2.75, 3.05) is 18.4 Å². The predicted octanol–water partition coefficient (Wildman–Crippen LogP) is 3.41. The van der Waals surface area contributed by atoms with E-state index in [4.69, 9.17) is 11.2 Å². The Kier molecular flexibility index (Phi) is 5.04. The number of aromatic nitrogens is 1. The van der Waals surface area contributed by atoms with E-state index < -0.39 is 5.60 Å². The first-order valence-electron chi connectivity index (χ1n) is 8.90. The summed E-state index contributed by atoms with van der Waals surface area (Å²) in [5.41, 5.74) is 0.221. The summed E-state index contributed by atoms with van der Waals surface area (Å²) < 4.78 is 5.36. The van der Waals surface area contributed by atoms with Crippen LogP contribution in [0.5, 0.6) is 0 Å². The van der Waals surface area contributed by atoms with Crippen molar-refractivity contribution in [3.05, 3.63) is 36.0 Å². The van der Waals surface area contributed by atoms with Crippen molar-refractivity contribution in [1.29, 1.82) is 0 Å². The Hall–Kier alpha value is -3.07. The molecule has 0 spiro atoms. The molecule has 2 aromatic rings. The number of carbonyl (C=O) groups excluding carboxylic acids is 2. The summed E-state index contributed by atoms with van der Waals surface area (Å²) >= 11 is 0. The molecule has 1 atom stereocenters. The number of amides is 2. The maximum absolute atomic E-state index is 12.6. The fourth-order valence-electron chi connectivity index (χ4n) is 2.99.